The number of nitrogens with one attached hydrogen (secondary N) is 2. The van der Waals surface area contributed by atoms with E-state index in [1.165, 1.54) is 21.9 Å². The molecule has 48 heavy (non-hydrogen) atoms. The van der Waals surface area contributed by atoms with Crippen LogP contribution < -0.4 is 15.8 Å². The van der Waals surface area contributed by atoms with Crippen molar-refractivity contribution in [2.75, 3.05) is 50.0 Å². The van der Waals surface area contributed by atoms with E-state index >= 15 is 0 Å². The van der Waals surface area contributed by atoms with Gasteiger partial charge >= 0.3 is 12.2 Å². The standard InChI is InChI=1S/C32H40ClF3N6O5S/c1-48(46,47)39-22-9-13-41(14-10-22)30(44)24(29(32(34,35)36)21-6-7-26(37)25(33)18-21)19-28(43)40-15-11-23(12-16-40)42-17-8-20-4-2-3-5-27(20)38-31(42)45/h2-7,18,22-24,29,39H,8-17,19,37H2,1H3,(H,38,45)/t24?,29-/m1/s1. The number of benzene rings is 2. The average Bonchev–Trinajstić information content (AvgIpc) is 3.19. The number of amides is 4. The summed E-state index contributed by atoms with van der Waals surface area (Å²) in [7, 11) is -3.51. The topological polar surface area (TPSA) is 145 Å². The molecule has 0 saturated carbocycles. The Balaban J connectivity index is 1.32. The zero-order valence-electron chi connectivity index (χ0n) is 26.5. The van der Waals surface area contributed by atoms with Crippen LogP contribution in [0.15, 0.2) is 42.5 Å². The van der Waals surface area contributed by atoms with E-state index in [-0.39, 0.29) is 67.4 Å². The summed E-state index contributed by atoms with van der Waals surface area (Å²) in [6, 6.07) is 10.2. The third-order valence-corrected chi connectivity index (χ3v) is 10.5. The maximum atomic E-state index is 14.9. The van der Waals surface area contributed by atoms with Crippen LogP contribution in [0.25, 0.3) is 0 Å². The second-order valence-corrected chi connectivity index (χ2v) is 14.9. The lowest BCUT2D eigenvalue weighted by Gasteiger charge is -2.40. The number of nitrogens with zero attached hydrogens (tertiary/aromatic N) is 3. The van der Waals surface area contributed by atoms with Crippen LogP contribution in [-0.4, -0.2) is 98.2 Å². The van der Waals surface area contributed by atoms with E-state index in [1.807, 2.05) is 24.3 Å². The predicted molar refractivity (Wildman–Crippen MR) is 176 cm³/mol. The number of fused-ring (bicyclic) bond motifs is 1. The number of nitrogen functional groups attached to an aromatic ring is 1. The lowest BCUT2D eigenvalue weighted by atomic mass is 9.81. The molecule has 2 fully saturated rings. The van der Waals surface area contributed by atoms with Gasteiger partial charge in [-0.05, 0) is 61.4 Å². The molecule has 4 amide bonds. The number of piperidine rings is 2. The summed E-state index contributed by atoms with van der Waals surface area (Å²) in [5.74, 6) is -5.58. The van der Waals surface area contributed by atoms with Crippen molar-refractivity contribution in [3.05, 3.63) is 58.6 Å². The molecular formula is C32H40ClF3N6O5S. The van der Waals surface area contributed by atoms with E-state index in [0.717, 1.165) is 23.6 Å². The summed E-state index contributed by atoms with van der Waals surface area (Å²) in [6.07, 6.45) is -2.64. The zero-order valence-corrected chi connectivity index (χ0v) is 28.1. The highest BCUT2D eigenvalue weighted by Crippen LogP contribution is 2.44. The van der Waals surface area contributed by atoms with E-state index in [0.29, 0.717) is 25.8 Å². The molecule has 3 heterocycles. The molecule has 0 spiro atoms. The summed E-state index contributed by atoms with van der Waals surface area (Å²) in [5, 5.41) is 2.84. The van der Waals surface area contributed by atoms with E-state index in [9.17, 15) is 36.0 Å². The van der Waals surface area contributed by atoms with Gasteiger partial charge in [-0.3, -0.25) is 9.59 Å². The van der Waals surface area contributed by atoms with Crippen LogP contribution in [0, 0.1) is 5.92 Å². The Morgan fingerprint density at radius 3 is 2.29 bits per heavy atom. The normalized spacial score (nSPS) is 19.7. The molecule has 3 aliphatic rings. The summed E-state index contributed by atoms with van der Waals surface area (Å²) in [4.78, 5) is 45.2. The number of urea groups is 1. The van der Waals surface area contributed by atoms with Crippen LogP contribution in [0.3, 0.4) is 0 Å². The Kier molecular flexibility index (Phi) is 10.8. The van der Waals surface area contributed by atoms with Crippen molar-refractivity contribution < 1.29 is 36.0 Å². The maximum absolute atomic E-state index is 14.9. The van der Waals surface area contributed by atoms with Gasteiger partial charge in [-0.25, -0.2) is 17.9 Å². The first-order valence-electron chi connectivity index (χ1n) is 15.9. The molecule has 5 rings (SSSR count). The molecule has 3 aliphatic heterocycles. The minimum absolute atomic E-state index is 0.0247. The highest BCUT2D eigenvalue weighted by Gasteiger charge is 2.50. The SMILES string of the molecule is CS(=O)(=O)NC1CCN(C(=O)C(CC(=O)N2CCC(N3CCc4ccccc4NC3=O)CC2)[C@@H](c2ccc(N)c(Cl)c2)C(F)(F)F)CC1. The van der Waals surface area contributed by atoms with Gasteiger partial charge < -0.3 is 25.8 Å². The van der Waals surface area contributed by atoms with E-state index in [2.05, 4.69) is 10.0 Å². The van der Waals surface area contributed by atoms with Crippen LogP contribution in [0.5, 0.6) is 0 Å². The molecule has 262 valence electrons. The molecule has 2 atom stereocenters. The number of likely N-dealkylation sites (tertiary alicyclic amines) is 2. The fourth-order valence-corrected chi connectivity index (χ4v) is 8.00. The second kappa shape index (κ2) is 14.5. The predicted octanol–water partition coefficient (Wildman–Crippen LogP) is 4.20. The Morgan fingerprint density at radius 1 is 1.02 bits per heavy atom. The van der Waals surface area contributed by atoms with Crippen LogP contribution in [0.1, 0.15) is 49.1 Å². The molecule has 2 aromatic carbocycles. The van der Waals surface area contributed by atoms with Crippen molar-refractivity contribution in [2.24, 2.45) is 5.92 Å². The summed E-state index contributed by atoms with van der Waals surface area (Å²) in [6.45, 7) is 0.974. The minimum Gasteiger partial charge on any atom is -0.398 e. The van der Waals surface area contributed by atoms with Crippen molar-refractivity contribution in [1.82, 2.24) is 19.4 Å². The van der Waals surface area contributed by atoms with Gasteiger partial charge in [0.1, 0.15) is 0 Å². The van der Waals surface area contributed by atoms with Crippen molar-refractivity contribution in [1.29, 1.82) is 0 Å². The fraction of sp³-hybridized carbons (Fsp3) is 0.531. The fourth-order valence-electron chi connectivity index (χ4n) is 6.97. The van der Waals surface area contributed by atoms with Gasteiger partial charge in [-0.2, -0.15) is 13.2 Å². The summed E-state index contributed by atoms with van der Waals surface area (Å²) >= 11 is 6.11. The van der Waals surface area contributed by atoms with Crippen LogP contribution >= 0.6 is 11.6 Å². The minimum atomic E-state index is -4.92. The Hall–Kier alpha value is -3.56. The Bertz CT molecular complexity index is 1630. The molecule has 2 saturated heterocycles. The molecule has 0 bridgehead atoms. The van der Waals surface area contributed by atoms with Gasteiger partial charge in [-0.15, -0.1) is 0 Å². The lowest BCUT2D eigenvalue weighted by Crippen LogP contribution is -2.52. The van der Waals surface area contributed by atoms with Gasteiger partial charge in [0.05, 0.1) is 28.8 Å². The third-order valence-electron chi connectivity index (χ3n) is 9.44. The monoisotopic (exact) mass is 712 g/mol. The molecule has 0 aromatic heterocycles. The van der Waals surface area contributed by atoms with Gasteiger partial charge in [0.15, 0.2) is 0 Å². The van der Waals surface area contributed by atoms with E-state index < -0.39 is 52.3 Å². The molecule has 16 heteroatoms. The number of para-hydroxylation sites is 1. The number of halogens is 4. The van der Waals surface area contributed by atoms with Crippen LogP contribution in [-0.2, 0) is 26.0 Å². The molecule has 4 N–H and O–H groups in total. The zero-order chi connectivity index (χ0) is 34.8. The number of nitrogens with two attached hydrogens (primary N) is 1. The number of hydrogen-bond donors (Lipinski definition) is 3. The first-order chi connectivity index (χ1) is 22.6. The molecule has 0 aliphatic carbocycles. The van der Waals surface area contributed by atoms with Gasteiger partial charge in [0.25, 0.3) is 0 Å². The smallest absolute Gasteiger partial charge is 0.396 e. The number of anilines is 2. The number of alkyl halides is 3. The van der Waals surface area contributed by atoms with Gasteiger partial charge in [0, 0.05) is 56.9 Å². The Labute approximate surface area is 283 Å². The van der Waals surface area contributed by atoms with E-state index in [1.54, 1.807) is 4.90 Å². The van der Waals surface area contributed by atoms with Crippen molar-refractivity contribution in [3.63, 3.8) is 0 Å². The molecular weight excluding hydrogens is 673 g/mol. The second-order valence-electron chi connectivity index (χ2n) is 12.7. The van der Waals surface area contributed by atoms with Crippen LogP contribution in [0.2, 0.25) is 5.02 Å². The number of sulfonamides is 1. The van der Waals surface area contributed by atoms with Crippen molar-refractivity contribution >= 4 is 50.8 Å². The van der Waals surface area contributed by atoms with Crippen molar-refractivity contribution in [2.45, 2.75) is 62.7 Å². The summed E-state index contributed by atoms with van der Waals surface area (Å²) < 4.78 is 70.5. The number of carbonyl (C=O) groups is 3. The third kappa shape index (κ3) is 8.53. The first-order valence-corrected chi connectivity index (χ1v) is 18.2. The largest absolute Gasteiger partial charge is 0.398 e. The number of hydrogen-bond acceptors (Lipinski definition) is 6. The van der Waals surface area contributed by atoms with Crippen molar-refractivity contribution in [3.8, 4) is 0 Å². The number of rotatable bonds is 8. The first kappa shape index (κ1) is 35.7. The van der Waals surface area contributed by atoms with Gasteiger partial charge in [0.2, 0.25) is 21.8 Å². The highest BCUT2D eigenvalue weighted by molar-refractivity contribution is 7.88. The van der Waals surface area contributed by atoms with Crippen LogP contribution in [0.4, 0.5) is 29.3 Å². The maximum Gasteiger partial charge on any atom is 0.396 e. The molecule has 1 unspecified atom stereocenters. The molecule has 0 radical (unpaired) electrons. The average molecular weight is 713 g/mol. The Morgan fingerprint density at radius 2 is 1.67 bits per heavy atom. The van der Waals surface area contributed by atoms with E-state index in [4.69, 9.17) is 17.3 Å². The molecule has 11 nitrogen and oxygen atoms in total. The number of carbonyl (C=O) groups excluding carboxylic acids is 3. The quantitative estimate of drug-likeness (QED) is 0.350. The highest BCUT2D eigenvalue weighted by atomic mass is 35.5. The van der Waals surface area contributed by atoms with Gasteiger partial charge in [-0.1, -0.05) is 35.9 Å². The molecule has 2 aromatic rings. The lowest BCUT2D eigenvalue weighted by molar-refractivity contribution is -0.175. The summed E-state index contributed by atoms with van der Waals surface area (Å²) in [5.41, 5.74) is 7.33.